The summed E-state index contributed by atoms with van der Waals surface area (Å²) in [6.07, 6.45) is 13.1. The monoisotopic (exact) mass is 195 g/mol. The summed E-state index contributed by atoms with van der Waals surface area (Å²) in [5.74, 6) is 0. The number of rotatable bonds is 1. The predicted molar refractivity (Wildman–Crippen MR) is 61.5 cm³/mol. The predicted octanol–water partition coefficient (Wildman–Crippen LogP) is 3.49. The smallest absolute Gasteiger partial charge is 0.0121 e. The molecule has 0 aromatic rings. The van der Waals surface area contributed by atoms with E-state index in [4.69, 9.17) is 0 Å². The van der Waals surface area contributed by atoms with Crippen molar-refractivity contribution in [1.29, 1.82) is 0 Å². The SMILES string of the molecule is CC1(C2CCCCCN2)CCCCC1. The Morgan fingerprint density at radius 3 is 2.43 bits per heavy atom. The summed E-state index contributed by atoms with van der Waals surface area (Å²) in [7, 11) is 0. The Morgan fingerprint density at radius 1 is 0.929 bits per heavy atom. The van der Waals surface area contributed by atoms with Crippen molar-refractivity contribution >= 4 is 0 Å². The molecule has 0 radical (unpaired) electrons. The first-order chi connectivity index (χ1) is 6.81. The largest absolute Gasteiger partial charge is 0.313 e. The van der Waals surface area contributed by atoms with Crippen molar-refractivity contribution in [1.82, 2.24) is 5.32 Å². The van der Waals surface area contributed by atoms with Crippen LogP contribution in [-0.4, -0.2) is 12.6 Å². The van der Waals surface area contributed by atoms with E-state index in [9.17, 15) is 0 Å². The van der Waals surface area contributed by atoms with Crippen LogP contribution in [0.1, 0.15) is 64.7 Å². The zero-order chi connectivity index (χ0) is 9.86. The van der Waals surface area contributed by atoms with Crippen LogP contribution < -0.4 is 5.32 Å². The average molecular weight is 195 g/mol. The summed E-state index contributed by atoms with van der Waals surface area (Å²) in [6.45, 7) is 3.79. The van der Waals surface area contributed by atoms with Gasteiger partial charge in [0.1, 0.15) is 0 Å². The van der Waals surface area contributed by atoms with Crippen LogP contribution in [0.3, 0.4) is 0 Å². The van der Waals surface area contributed by atoms with E-state index in [2.05, 4.69) is 12.2 Å². The van der Waals surface area contributed by atoms with Crippen LogP contribution in [0.5, 0.6) is 0 Å². The third-order valence-corrected chi connectivity index (χ3v) is 4.40. The summed E-state index contributed by atoms with van der Waals surface area (Å²) in [5.41, 5.74) is 0.628. The van der Waals surface area contributed by atoms with Crippen molar-refractivity contribution in [3.05, 3.63) is 0 Å². The second kappa shape index (κ2) is 4.65. The lowest BCUT2D eigenvalue weighted by atomic mass is 9.69. The molecule has 0 spiro atoms. The standard InChI is InChI=1S/C13H25N/c1-13(9-5-3-6-10-13)12-8-4-2-7-11-14-12/h12,14H,2-11H2,1H3. The Labute approximate surface area is 88.7 Å². The maximum atomic E-state index is 3.79. The topological polar surface area (TPSA) is 12.0 Å². The van der Waals surface area contributed by atoms with Gasteiger partial charge in [-0.3, -0.25) is 0 Å². The van der Waals surface area contributed by atoms with E-state index >= 15 is 0 Å². The molecule has 1 aliphatic carbocycles. The van der Waals surface area contributed by atoms with Gasteiger partial charge in [0, 0.05) is 6.04 Å². The van der Waals surface area contributed by atoms with Crippen LogP contribution in [0.15, 0.2) is 0 Å². The van der Waals surface area contributed by atoms with E-state index in [0.29, 0.717) is 5.41 Å². The van der Waals surface area contributed by atoms with E-state index in [1.165, 1.54) is 64.3 Å². The van der Waals surface area contributed by atoms with Gasteiger partial charge in [0.05, 0.1) is 0 Å². The minimum Gasteiger partial charge on any atom is -0.313 e. The summed E-state index contributed by atoms with van der Waals surface area (Å²) >= 11 is 0. The lowest BCUT2D eigenvalue weighted by molar-refractivity contribution is 0.141. The molecule has 1 aliphatic heterocycles. The quantitative estimate of drug-likeness (QED) is 0.675. The van der Waals surface area contributed by atoms with Crippen molar-refractivity contribution in [3.63, 3.8) is 0 Å². The van der Waals surface area contributed by atoms with Crippen molar-refractivity contribution in [2.75, 3.05) is 6.54 Å². The van der Waals surface area contributed by atoms with Crippen molar-refractivity contribution in [2.45, 2.75) is 70.8 Å². The van der Waals surface area contributed by atoms with Gasteiger partial charge in [-0.25, -0.2) is 0 Å². The molecule has 1 unspecified atom stereocenters. The van der Waals surface area contributed by atoms with Gasteiger partial charge in [-0.05, 0) is 37.6 Å². The molecule has 1 heteroatoms. The minimum absolute atomic E-state index is 0.628. The molecule has 0 amide bonds. The Bertz CT molecular complexity index is 162. The highest BCUT2D eigenvalue weighted by molar-refractivity contribution is 4.90. The van der Waals surface area contributed by atoms with Crippen LogP contribution in [0.2, 0.25) is 0 Å². The van der Waals surface area contributed by atoms with Crippen molar-refractivity contribution in [3.8, 4) is 0 Å². The van der Waals surface area contributed by atoms with E-state index in [0.717, 1.165) is 6.04 Å². The molecule has 14 heavy (non-hydrogen) atoms. The third kappa shape index (κ3) is 2.31. The summed E-state index contributed by atoms with van der Waals surface area (Å²) in [6, 6.07) is 0.824. The molecule has 1 saturated heterocycles. The van der Waals surface area contributed by atoms with Gasteiger partial charge in [0.15, 0.2) is 0 Å². The number of hydrogen-bond acceptors (Lipinski definition) is 1. The highest BCUT2D eigenvalue weighted by atomic mass is 14.9. The maximum Gasteiger partial charge on any atom is 0.0121 e. The van der Waals surface area contributed by atoms with Gasteiger partial charge < -0.3 is 5.32 Å². The lowest BCUT2D eigenvalue weighted by Gasteiger charge is -2.41. The van der Waals surface area contributed by atoms with E-state index < -0.39 is 0 Å². The Morgan fingerprint density at radius 2 is 1.64 bits per heavy atom. The van der Waals surface area contributed by atoms with Gasteiger partial charge in [0.25, 0.3) is 0 Å². The van der Waals surface area contributed by atoms with Crippen LogP contribution in [0.4, 0.5) is 0 Å². The lowest BCUT2D eigenvalue weighted by Crippen LogP contribution is -2.44. The number of hydrogen-bond donors (Lipinski definition) is 1. The van der Waals surface area contributed by atoms with Crippen molar-refractivity contribution < 1.29 is 0 Å². The Kier molecular flexibility index (Phi) is 3.48. The first-order valence-electron chi connectivity index (χ1n) is 6.55. The summed E-state index contributed by atoms with van der Waals surface area (Å²) < 4.78 is 0. The molecule has 1 nitrogen and oxygen atoms in total. The fourth-order valence-electron chi connectivity index (χ4n) is 3.33. The zero-order valence-corrected chi connectivity index (χ0v) is 9.65. The normalized spacial score (nSPS) is 33.6. The molecule has 1 N–H and O–H groups in total. The van der Waals surface area contributed by atoms with E-state index in [-0.39, 0.29) is 0 Å². The second-order valence-electron chi connectivity index (χ2n) is 5.57. The van der Waals surface area contributed by atoms with Gasteiger partial charge in [-0.15, -0.1) is 0 Å². The third-order valence-electron chi connectivity index (χ3n) is 4.40. The molecule has 2 aliphatic rings. The fourth-order valence-corrected chi connectivity index (χ4v) is 3.33. The second-order valence-corrected chi connectivity index (χ2v) is 5.57. The minimum atomic E-state index is 0.628. The van der Waals surface area contributed by atoms with E-state index in [1.54, 1.807) is 0 Å². The molecule has 0 bridgehead atoms. The summed E-state index contributed by atoms with van der Waals surface area (Å²) in [5, 5.41) is 3.79. The summed E-state index contributed by atoms with van der Waals surface area (Å²) in [4.78, 5) is 0. The van der Waals surface area contributed by atoms with Crippen LogP contribution >= 0.6 is 0 Å². The molecule has 1 saturated carbocycles. The Balaban J connectivity index is 1.95. The average Bonchev–Trinajstić information content (AvgIpc) is 2.47. The molecule has 0 aromatic carbocycles. The molecule has 82 valence electrons. The molecular weight excluding hydrogens is 170 g/mol. The van der Waals surface area contributed by atoms with Crippen LogP contribution in [0, 0.1) is 5.41 Å². The first-order valence-corrected chi connectivity index (χ1v) is 6.55. The first kappa shape index (κ1) is 10.5. The van der Waals surface area contributed by atoms with Crippen LogP contribution in [-0.2, 0) is 0 Å². The number of nitrogens with one attached hydrogen (secondary N) is 1. The molecule has 0 aromatic heterocycles. The zero-order valence-electron chi connectivity index (χ0n) is 9.65. The van der Waals surface area contributed by atoms with Crippen molar-refractivity contribution in [2.24, 2.45) is 5.41 Å². The molecule has 1 heterocycles. The van der Waals surface area contributed by atoms with Crippen LogP contribution in [0.25, 0.3) is 0 Å². The van der Waals surface area contributed by atoms with Gasteiger partial charge in [-0.1, -0.05) is 39.0 Å². The van der Waals surface area contributed by atoms with Gasteiger partial charge in [-0.2, -0.15) is 0 Å². The Hall–Kier alpha value is -0.0400. The van der Waals surface area contributed by atoms with Gasteiger partial charge >= 0.3 is 0 Å². The molecule has 1 atom stereocenters. The van der Waals surface area contributed by atoms with Gasteiger partial charge in [0.2, 0.25) is 0 Å². The molecule has 2 rings (SSSR count). The molecule has 2 fully saturated rings. The fraction of sp³-hybridized carbons (Fsp3) is 1.00. The highest BCUT2D eigenvalue weighted by Gasteiger charge is 2.34. The molecular formula is C13H25N. The van der Waals surface area contributed by atoms with E-state index in [1.807, 2.05) is 0 Å². The maximum absolute atomic E-state index is 3.79. The highest BCUT2D eigenvalue weighted by Crippen LogP contribution is 2.40.